The number of nitrogens with one attached hydrogen (secondary N) is 1. The summed E-state index contributed by atoms with van der Waals surface area (Å²) in [6.07, 6.45) is 4.23. The maximum absolute atomic E-state index is 11.8. The highest BCUT2D eigenvalue weighted by atomic mass is 35.5. The molecule has 0 saturated carbocycles. The van der Waals surface area contributed by atoms with Crippen molar-refractivity contribution in [3.8, 4) is 0 Å². The number of hydrogen-bond acceptors (Lipinski definition) is 3. The molecule has 0 unspecified atom stereocenters. The number of aromatic nitrogens is 1. The number of carboxylic acid groups (broad SMARTS) is 1. The van der Waals surface area contributed by atoms with Gasteiger partial charge in [-0.3, -0.25) is 4.79 Å². The van der Waals surface area contributed by atoms with Gasteiger partial charge < -0.3 is 10.4 Å². The van der Waals surface area contributed by atoms with Crippen LogP contribution < -0.4 is 5.32 Å². The van der Waals surface area contributed by atoms with Crippen molar-refractivity contribution in [2.45, 2.75) is 0 Å². The van der Waals surface area contributed by atoms with E-state index in [1.165, 1.54) is 18.3 Å². The van der Waals surface area contributed by atoms with E-state index in [2.05, 4.69) is 10.3 Å². The molecule has 5 nitrogen and oxygen atoms in total. The first-order valence-corrected chi connectivity index (χ1v) is 6.37. The van der Waals surface area contributed by atoms with Crippen LogP contribution >= 0.6 is 11.6 Å². The number of carboxylic acids is 1. The molecule has 2 rings (SSSR count). The summed E-state index contributed by atoms with van der Waals surface area (Å²) in [6, 6.07) is 10.0. The van der Waals surface area contributed by atoms with E-state index in [9.17, 15) is 9.59 Å². The van der Waals surface area contributed by atoms with Crippen molar-refractivity contribution >= 4 is 35.2 Å². The van der Waals surface area contributed by atoms with Gasteiger partial charge in [0.1, 0.15) is 0 Å². The quantitative estimate of drug-likeness (QED) is 0.851. The van der Waals surface area contributed by atoms with Crippen LogP contribution in [0.3, 0.4) is 0 Å². The van der Waals surface area contributed by atoms with E-state index in [0.717, 1.165) is 5.56 Å². The van der Waals surface area contributed by atoms with Crippen LogP contribution in [0.15, 0.2) is 48.7 Å². The van der Waals surface area contributed by atoms with Crippen LogP contribution in [0.1, 0.15) is 16.1 Å². The normalized spacial score (nSPS) is 10.5. The Morgan fingerprint density at radius 2 is 2.05 bits per heavy atom. The summed E-state index contributed by atoms with van der Waals surface area (Å²) in [7, 11) is 0. The summed E-state index contributed by atoms with van der Waals surface area (Å²) in [4.78, 5) is 26.5. The second-order valence-corrected chi connectivity index (χ2v) is 4.52. The Morgan fingerprint density at radius 3 is 2.76 bits per heavy atom. The Labute approximate surface area is 125 Å². The van der Waals surface area contributed by atoms with Gasteiger partial charge in [-0.15, -0.1) is 0 Å². The molecular formula is C15H11ClN2O3. The minimum absolute atomic E-state index is 0.144. The van der Waals surface area contributed by atoms with Crippen LogP contribution in [0.5, 0.6) is 0 Å². The molecule has 21 heavy (non-hydrogen) atoms. The third-order valence-corrected chi connectivity index (χ3v) is 2.78. The third kappa shape index (κ3) is 4.15. The van der Waals surface area contributed by atoms with Gasteiger partial charge in [0, 0.05) is 17.3 Å². The lowest BCUT2D eigenvalue weighted by atomic mass is 10.2. The van der Waals surface area contributed by atoms with Gasteiger partial charge in [0.15, 0.2) is 5.69 Å². The summed E-state index contributed by atoms with van der Waals surface area (Å²) in [5, 5.41) is 12.0. The van der Waals surface area contributed by atoms with Gasteiger partial charge in [-0.05, 0) is 35.9 Å². The van der Waals surface area contributed by atoms with Gasteiger partial charge >= 0.3 is 5.97 Å². The number of aromatic carboxylic acids is 1. The SMILES string of the molecule is O=C(/C=C/c1cccc(Cl)c1)Nc1cccnc1C(=O)O. The van der Waals surface area contributed by atoms with Gasteiger partial charge in [0.25, 0.3) is 0 Å². The predicted molar refractivity (Wildman–Crippen MR) is 80.3 cm³/mol. The van der Waals surface area contributed by atoms with Crippen LogP contribution in [-0.4, -0.2) is 22.0 Å². The molecular weight excluding hydrogens is 292 g/mol. The smallest absolute Gasteiger partial charge is 0.356 e. The number of anilines is 1. The standard InChI is InChI=1S/C15H11ClN2O3/c16-11-4-1-3-10(9-11)6-7-13(19)18-12-5-2-8-17-14(12)15(20)21/h1-9H,(H,18,19)(H,20,21)/b7-6+. The summed E-state index contributed by atoms with van der Waals surface area (Å²) in [6.45, 7) is 0. The maximum atomic E-state index is 11.8. The van der Waals surface area contributed by atoms with Gasteiger partial charge in [-0.25, -0.2) is 9.78 Å². The van der Waals surface area contributed by atoms with Crippen molar-refractivity contribution in [1.82, 2.24) is 4.98 Å². The fraction of sp³-hybridized carbons (Fsp3) is 0. The lowest BCUT2D eigenvalue weighted by Crippen LogP contribution is -2.13. The largest absolute Gasteiger partial charge is 0.476 e. The molecule has 1 heterocycles. The number of rotatable bonds is 4. The molecule has 0 atom stereocenters. The van der Waals surface area contributed by atoms with Crippen molar-refractivity contribution in [2.75, 3.05) is 5.32 Å². The monoisotopic (exact) mass is 302 g/mol. The van der Waals surface area contributed by atoms with Gasteiger partial charge in [0.2, 0.25) is 5.91 Å². The number of pyridine rings is 1. The average molecular weight is 303 g/mol. The lowest BCUT2D eigenvalue weighted by molar-refractivity contribution is -0.111. The second-order valence-electron chi connectivity index (χ2n) is 4.08. The van der Waals surface area contributed by atoms with Crippen LogP contribution in [0.2, 0.25) is 5.02 Å². The van der Waals surface area contributed by atoms with E-state index in [1.807, 2.05) is 0 Å². The molecule has 0 spiro atoms. The number of hydrogen-bond donors (Lipinski definition) is 2. The fourth-order valence-electron chi connectivity index (χ4n) is 1.63. The average Bonchev–Trinajstić information content (AvgIpc) is 2.45. The summed E-state index contributed by atoms with van der Waals surface area (Å²) in [5.41, 5.74) is 0.704. The molecule has 0 bridgehead atoms. The molecule has 0 fully saturated rings. The molecule has 106 valence electrons. The van der Waals surface area contributed by atoms with Crippen LogP contribution in [0, 0.1) is 0 Å². The molecule has 0 aliphatic carbocycles. The van der Waals surface area contributed by atoms with Crippen molar-refractivity contribution < 1.29 is 14.7 Å². The highest BCUT2D eigenvalue weighted by molar-refractivity contribution is 6.30. The fourth-order valence-corrected chi connectivity index (χ4v) is 1.83. The van der Waals surface area contributed by atoms with Crippen molar-refractivity contribution in [3.05, 3.63) is 65.0 Å². The first-order chi connectivity index (χ1) is 10.1. The predicted octanol–water partition coefficient (Wildman–Crippen LogP) is 3.09. The summed E-state index contributed by atoms with van der Waals surface area (Å²) >= 11 is 5.84. The van der Waals surface area contributed by atoms with Crippen LogP contribution in [0.4, 0.5) is 5.69 Å². The van der Waals surface area contributed by atoms with Crippen molar-refractivity contribution in [1.29, 1.82) is 0 Å². The minimum atomic E-state index is -1.20. The summed E-state index contributed by atoms with van der Waals surface area (Å²) in [5.74, 6) is -1.66. The Bertz CT molecular complexity index is 714. The Kier molecular flexibility index (Phi) is 4.68. The topological polar surface area (TPSA) is 79.3 Å². The third-order valence-electron chi connectivity index (χ3n) is 2.54. The minimum Gasteiger partial charge on any atom is -0.476 e. The van der Waals surface area contributed by atoms with E-state index >= 15 is 0 Å². The van der Waals surface area contributed by atoms with Crippen LogP contribution in [0.25, 0.3) is 6.08 Å². The first kappa shape index (κ1) is 14.7. The molecule has 0 saturated heterocycles. The van der Waals surface area contributed by atoms with E-state index in [0.29, 0.717) is 5.02 Å². The van der Waals surface area contributed by atoms with Gasteiger partial charge in [-0.2, -0.15) is 0 Å². The lowest BCUT2D eigenvalue weighted by Gasteiger charge is -2.04. The number of nitrogens with zero attached hydrogens (tertiary/aromatic N) is 1. The van der Waals surface area contributed by atoms with Gasteiger partial charge in [0.05, 0.1) is 5.69 Å². The summed E-state index contributed by atoms with van der Waals surface area (Å²) < 4.78 is 0. The maximum Gasteiger partial charge on any atom is 0.356 e. The number of halogens is 1. The number of benzene rings is 1. The first-order valence-electron chi connectivity index (χ1n) is 5.99. The molecule has 0 aliphatic heterocycles. The molecule has 2 aromatic rings. The Morgan fingerprint density at radius 1 is 1.24 bits per heavy atom. The van der Waals surface area contributed by atoms with Gasteiger partial charge in [-0.1, -0.05) is 23.7 Å². The molecule has 2 N–H and O–H groups in total. The van der Waals surface area contributed by atoms with E-state index in [1.54, 1.807) is 36.4 Å². The highest BCUT2D eigenvalue weighted by Gasteiger charge is 2.11. The molecule has 0 aliphatic rings. The molecule has 1 aromatic heterocycles. The zero-order valence-electron chi connectivity index (χ0n) is 10.8. The van der Waals surface area contributed by atoms with Crippen LogP contribution in [-0.2, 0) is 4.79 Å². The molecule has 1 amide bonds. The zero-order chi connectivity index (χ0) is 15.2. The van der Waals surface area contributed by atoms with E-state index in [4.69, 9.17) is 16.7 Å². The number of carbonyl (C=O) groups excluding carboxylic acids is 1. The molecule has 6 heteroatoms. The van der Waals surface area contributed by atoms with E-state index in [-0.39, 0.29) is 11.4 Å². The van der Waals surface area contributed by atoms with Crippen molar-refractivity contribution in [3.63, 3.8) is 0 Å². The Balaban J connectivity index is 2.10. The molecule has 0 radical (unpaired) electrons. The second kappa shape index (κ2) is 6.67. The van der Waals surface area contributed by atoms with E-state index < -0.39 is 11.9 Å². The van der Waals surface area contributed by atoms with Crippen molar-refractivity contribution in [2.24, 2.45) is 0 Å². The highest BCUT2D eigenvalue weighted by Crippen LogP contribution is 2.13. The number of carbonyl (C=O) groups is 2. The Hall–Kier alpha value is -2.66. The zero-order valence-corrected chi connectivity index (χ0v) is 11.5. The molecule has 1 aromatic carbocycles. The number of amides is 1.